The minimum Gasteiger partial charge on any atom is -0.465 e. The van der Waals surface area contributed by atoms with Crippen LogP contribution in [0.3, 0.4) is 0 Å². The van der Waals surface area contributed by atoms with Crippen LogP contribution in [-0.2, 0) is 4.74 Å². The molecule has 3 N–H and O–H groups in total. The van der Waals surface area contributed by atoms with Crippen LogP contribution >= 0.6 is 0 Å². The van der Waals surface area contributed by atoms with Crippen LogP contribution in [-0.4, -0.2) is 43.5 Å². The molecule has 0 radical (unpaired) electrons. The monoisotopic (exact) mass is 216 g/mol. The van der Waals surface area contributed by atoms with Crippen molar-refractivity contribution in [3.05, 3.63) is 0 Å². The molecule has 15 heavy (non-hydrogen) atoms. The molecule has 1 heterocycles. The predicted octanol–water partition coefficient (Wildman–Crippen LogP) is 0.657. The lowest BCUT2D eigenvalue weighted by Crippen LogP contribution is -2.52. The maximum atomic E-state index is 10.5. The van der Waals surface area contributed by atoms with E-state index in [9.17, 15) is 4.79 Å². The third-order valence-electron chi connectivity index (χ3n) is 2.93. The molecular weight excluding hydrogens is 196 g/mol. The van der Waals surface area contributed by atoms with Crippen molar-refractivity contribution >= 4 is 6.09 Å². The molecule has 88 valence electrons. The van der Waals surface area contributed by atoms with Crippen LogP contribution in [0.2, 0.25) is 0 Å². The van der Waals surface area contributed by atoms with Gasteiger partial charge in [0.1, 0.15) is 0 Å². The van der Waals surface area contributed by atoms with E-state index in [-0.39, 0.29) is 12.1 Å². The minimum absolute atomic E-state index is 0.0980. The summed E-state index contributed by atoms with van der Waals surface area (Å²) in [5.41, 5.74) is 0. The molecule has 1 aliphatic heterocycles. The number of carbonyl (C=O) groups is 1. The average molecular weight is 216 g/mol. The van der Waals surface area contributed by atoms with E-state index in [4.69, 9.17) is 9.84 Å². The van der Waals surface area contributed by atoms with Crippen molar-refractivity contribution in [3.63, 3.8) is 0 Å². The van der Waals surface area contributed by atoms with E-state index in [1.807, 2.05) is 14.0 Å². The van der Waals surface area contributed by atoms with E-state index in [1.165, 1.54) is 0 Å². The molecule has 0 aromatic heterocycles. The molecule has 0 aromatic rings. The van der Waals surface area contributed by atoms with Gasteiger partial charge in [-0.15, -0.1) is 0 Å². The summed E-state index contributed by atoms with van der Waals surface area (Å²) >= 11 is 0. The first-order chi connectivity index (χ1) is 7.15. The Hall–Kier alpha value is -0.810. The van der Waals surface area contributed by atoms with Crippen LogP contribution in [0, 0.1) is 5.92 Å². The zero-order valence-corrected chi connectivity index (χ0v) is 9.32. The molecule has 0 aliphatic carbocycles. The van der Waals surface area contributed by atoms with Crippen LogP contribution in [0.15, 0.2) is 0 Å². The fourth-order valence-corrected chi connectivity index (χ4v) is 2.23. The molecule has 1 fully saturated rings. The number of carboxylic acid groups (broad SMARTS) is 1. The van der Waals surface area contributed by atoms with Gasteiger partial charge in [-0.2, -0.15) is 0 Å². The summed E-state index contributed by atoms with van der Waals surface area (Å²) in [6, 6.07) is 0.0422. The Balaban J connectivity index is 2.48. The van der Waals surface area contributed by atoms with Crippen molar-refractivity contribution in [2.75, 3.05) is 20.3 Å². The Bertz CT molecular complexity index is 205. The van der Waals surface area contributed by atoms with Gasteiger partial charge in [0.15, 0.2) is 0 Å². The van der Waals surface area contributed by atoms with E-state index in [0.717, 1.165) is 26.1 Å². The van der Waals surface area contributed by atoms with Gasteiger partial charge in [0.25, 0.3) is 0 Å². The molecular formula is C10H20N2O3. The van der Waals surface area contributed by atoms with Gasteiger partial charge < -0.3 is 20.5 Å². The predicted molar refractivity (Wildman–Crippen MR) is 57.0 cm³/mol. The normalized spacial score (nSPS) is 25.6. The number of ether oxygens (including phenoxy) is 1. The summed E-state index contributed by atoms with van der Waals surface area (Å²) in [5, 5.41) is 14.3. The van der Waals surface area contributed by atoms with Gasteiger partial charge in [-0.05, 0) is 32.7 Å². The van der Waals surface area contributed by atoms with Gasteiger partial charge in [0, 0.05) is 18.7 Å². The summed E-state index contributed by atoms with van der Waals surface area (Å²) in [7, 11) is 1.86. The molecule has 5 heteroatoms. The van der Waals surface area contributed by atoms with Crippen LogP contribution in [0.5, 0.6) is 0 Å². The molecule has 1 aliphatic rings. The minimum atomic E-state index is -0.973. The second-order valence-electron chi connectivity index (χ2n) is 4.03. The zero-order chi connectivity index (χ0) is 11.3. The molecule has 0 aromatic carbocycles. The Morgan fingerprint density at radius 1 is 1.60 bits per heavy atom. The summed E-state index contributed by atoms with van der Waals surface area (Å²) in [6.45, 7) is 3.43. The van der Waals surface area contributed by atoms with E-state index in [2.05, 4.69) is 10.6 Å². The SMILES string of the molecule is CNC(C(C)NC(=O)O)[C@H]1CCCOC1. The van der Waals surface area contributed by atoms with Crippen LogP contribution in [0.1, 0.15) is 19.8 Å². The molecule has 1 amide bonds. The second-order valence-corrected chi connectivity index (χ2v) is 4.03. The summed E-state index contributed by atoms with van der Waals surface area (Å²) in [5.74, 6) is 0.394. The number of hydrogen-bond acceptors (Lipinski definition) is 3. The molecule has 0 saturated carbocycles. The van der Waals surface area contributed by atoms with Crippen LogP contribution in [0.4, 0.5) is 4.79 Å². The number of rotatable bonds is 4. The number of amides is 1. The third-order valence-corrected chi connectivity index (χ3v) is 2.93. The van der Waals surface area contributed by atoms with Crippen molar-refractivity contribution in [2.45, 2.75) is 31.8 Å². The smallest absolute Gasteiger partial charge is 0.404 e. The summed E-state index contributed by atoms with van der Waals surface area (Å²) in [6.07, 6.45) is 1.18. The van der Waals surface area contributed by atoms with E-state index >= 15 is 0 Å². The lowest BCUT2D eigenvalue weighted by molar-refractivity contribution is 0.0351. The van der Waals surface area contributed by atoms with Gasteiger partial charge in [0.05, 0.1) is 6.61 Å². The van der Waals surface area contributed by atoms with E-state index < -0.39 is 6.09 Å². The summed E-state index contributed by atoms with van der Waals surface area (Å²) < 4.78 is 5.40. The van der Waals surface area contributed by atoms with Crippen molar-refractivity contribution in [1.29, 1.82) is 0 Å². The lowest BCUT2D eigenvalue weighted by atomic mass is 9.89. The zero-order valence-electron chi connectivity index (χ0n) is 9.32. The highest BCUT2D eigenvalue weighted by Gasteiger charge is 2.28. The van der Waals surface area contributed by atoms with Crippen LogP contribution < -0.4 is 10.6 Å². The fourth-order valence-electron chi connectivity index (χ4n) is 2.23. The van der Waals surface area contributed by atoms with E-state index in [0.29, 0.717) is 5.92 Å². The number of likely N-dealkylation sites (N-methyl/N-ethyl adjacent to an activating group) is 1. The molecule has 1 rings (SSSR count). The molecule has 0 spiro atoms. The van der Waals surface area contributed by atoms with Crippen molar-refractivity contribution < 1.29 is 14.6 Å². The topological polar surface area (TPSA) is 70.6 Å². The Morgan fingerprint density at radius 3 is 2.80 bits per heavy atom. The molecule has 0 bridgehead atoms. The largest absolute Gasteiger partial charge is 0.465 e. The fraction of sp³-hybridized carbons (Fsp3) is 0.900. The first-order valence-electron chi connectivity index (χ1n) is 5.39. The molecule has 3 atom stereocenters. The van der Waals surface area contributed by atoms with Gasteiger partial charge in [-0.3, -0.25) is 0 Å². The van der Waals surface area contributed by atoms with Gasteiger partial charge in [0.2, 0.25) is 0 Å². The Labute approximate surface area is 90.2 Å². The average Bonchev–Trinajstić information content (AvgIpc) is 2.19. The van der Waals surface area contributed by atoms with Gasteiger partial charge in [-0.1, -0.05) is 0 Å². The Kier molecular flexibility index (Phi) is 4.84. The number of nitrogens with one attached hydrogen (secondary N) is 2. The van der Waals surface area contributed by atoms with E-state index in [1.54, 1.807) is 0 Å². The maximum Gasteiger partial charge on any atom is 0.404 e. The second kappa shape index (κ2) is 5.92. The first kappa shape index (κ1) is 12.3. The maximum absolute atomic E-state index is 10.5. The van der Waals surface area contributed by atoms with Crippen molar-refractivity contribution in [3.8, 4) is 0 Å². The van der Waals surface area contributed by atoms with Gasteiger partial charge in [-0.25, -0.2) is 4.79 Å². The van der Waals surface area contributed by atoms with Crippen molar-refractivity contribution in [2.24, 2.45) is 5.92 Å². The Morgan fingerprint density at radius 2 is 2.33 bits per heavy atom. The lowest BCUT2D eigenvalue weighted by Gasteiger charge is -2.33. The molecule has 1 saturated heterocycles. The summed E-state index contributed by atoms with van der Waals surface area (Å²) in [4.78, 5) is 10.5. The van der Waals surface area contributed by atoms with Gasteiger partial charge >= 0.3 is 6.09 Å². The molecule has 2 unspecified atom stereocenters. The molecule has 5 nitrogen and oxygen atoms in total. The van der Waals surface area contributed by atoms with Crippen molar-refractivity contribution in [1.82, 2.24) is 10.6 Å². The highest BCUT2D eigenvalue weighted by molar-refractivity contribution is 5.64. The number of hydrogen-bond donors (Lipinski definition) is 3. The first-order valence-corrected chi connectivity index (χ1v) is 5.39. The highest BCUT2D eigenvalue weighted by atomic mass is 16.5. The van der Waals surface area contributed by atoms with Crippen LogP contribution in [0.25, 0.3) is 0 Å². The highest BCUT2D eigenvalue weighted by Crippen LogP contribution is 2.19. The third kappa shape index (κ3) is 3.68. The quantitative estimate of drug-likeness (QED) is 0.645. The standard InChI is InChI=1S/C10H20N2O3/c1-7(12-10(13)14)9(11-2)8-4-3-5-15-6-8/h7-9,11-12H,3-6H2,1-2H3,(H,13,14)/t7?,8-,9?/m0/s1.